The Hall–Kier alpha value is -2.48. The lowest BCUT2D eigenvalue weighted by Gasteiger charge is -2.16. The standard InChI is InChI=1S/C17H20N4O3S/c1-12-14(25-11-18-12)8-9-21(2)16(22)7-3-6-15-19-17(20-24-15)13-5-4-10-23-13/h4-5,10-11H,3,6-9H2,1-2H3. The summed E-state index contributed by atoms with van der Waals surface area (Å²) in [5.74, 6) is 1.64. The van der Waals surface area contributed by atoms with Crippen LogP contribution in [0.5, 0.6) is 0 Å². The molecule has 0 saturated carbocycles. The fraction of sp³-hybridized carbons (Fsp3) is 0.412. The second-order valence-electron chi connectivity index (χ2n) is 5.77. The summed E-state index contributed by atoms with van der Waals surface area (Å²) in [6.07, 6.45) is 4.10. The molecule has 3 aromatic rings. The van der Waals surface area contributed by atoms with Gasteiger partial charge in [0, 0.05) is 37.7 Å². The van der Waals surface area contributed by atoms with Gasteiger partial charge < -0.3 is 13.8 Å². The first-order valence-corrected chi connectivity index (χ1v) is 9.01. The second kappa shape index (κ2) is 8.06. The van der Waals surface area contributed by atoms with E-state index in [-0.39, 0.29) is 5.91 Å². The summed E-state index contributed by atoms with van der Waals surface area (Å²) in [6.45, 7) is 2.69. The van der Waals surface area contributed by atoms with Crippen LogP contribution in [0.4, 0.5) is 0 Å². The number of nitrogens with zero attached hydrogens (tertiary/aromatic N) is 4. The van der Waals surface area contributed by atoms with E-state index in [1.54, 1.807) is 34.6 Å². The van der Waals surface area contributed by atoms with Crippen LogP contribution < -0.4 is 0 Å². The average molecular weight is 360 g/mol. The molecule has 0 spiro atoms. The minimum atomic E-state index is 0.118. The molecule has 0 radical (unpaired) electrons. The maximum absolute atomic E-state index is 12.2. The Balaban J connectivity index is 1.41. The third kappa shape index (κ3) is 4.54. The molecule has 0 fully saturated rings. The number of likely N-dealkylation sites (N-methyl/N-ethyl adjacent to an activating group) is 1. The van der Waals surface area contributed by atoms with Crippen molar-refractivity contribution in [3.05, 3.63) is 40.4 Å². The highest BCUT2D eigenvalue weighted by atomic mass is 32.1. The SMILES string of the molecule is Cc1ncsc1CCN(C)C(=O)CCCc1nc(-c2ccco2)no1. The van der Waals surface area contributed by atoms with Crippen molar-refractivity contribution in [2.24, 2.45) is 0 Å². The highest BCUT2D eigenvalue weighted by molar-refractivity contribution is 7.09. The third-order valence-corrected chi connectivity index (χ3v) is 4.93. The van der Waals surface area contributed by atoms with E-state index in [0.29, 0.717) is 43.3 Å². The van der Waals surface area contributed by atoms with Gasteiger partial charge in [0.2, 0.25) is 17.6 Å². The first kappa shape index (κ1) is 17.3. The number of thiazole rings is 1. The van der Waals surface area contributed by atoms with Crippen molar-refractivity contribution in [3.8, 4) is 11.6 Å². The van der Waals surface area contributed by atoms with Gasteiger partial charge in [-0.3, -0.25) is 4.79 Å². The number of aryl methyl sites for hydroxylation is 2. The maximum atomic E-state index is 12.2. The Bertz CT molecular complexity index is 810. The number of carbonyl (C=O) groups is 1. The number of rotatable bonds is 8. The van der Waals surface area contributed by atoms with Gasteiger partial charge >= 0.3 is 0 Å². The van der Waals surface area contributed by atoms with Crippen LogP contribution in [0.1, 0.15) is 29.3 Å². The van der Waals surface area contributed by atoms with Crippen LogP contribution in [0.25, 0.3) is 11.6 Å². The second-order valence-corrected chi connectivity index (χ2v) is 6.71. The molecule has 0 aliphatic carbocycles. The van der Waals surface area contributed by atoms with Crippen molar-refractivity contribution in [2.45, 2.75) is 32.6 Å². The van der Waals surface area contributed by atoms with E-state index >= 15 is 0 Å². The number of carbonyl (C=O) groups excluding carboxylic acids is 1. The van der Waals surface area contributed by atoms with Gasteiger partial charge in [-0.2, -0.15) is 4.98 Å². The van der Waals surface area contributed by atoms with Gasteiger partial charge in [0.05, 0.1) is 17.5 Å². The number of hydrogen-bond acceptors (Lipinski definition) is 7. The molecule has 132 valence electrons. The van der Waals surface area contributed by atoms with Crippen LogP contribution in [0, 0.1) is 6.92 Å². The molecule has 7 nitrogen and oxygen atoms in total. The molecule has 3 heterocycles. The van der Waals surface area contributed by atoms with E-state index in [1.807, 2.05) is 19.5 Å². The Morgan fingerprint density at radius 1 is 1.36 bits per heavy atom. The zero-order valence-corrected chi connectivity index (χ0v) is 15.1. The summed E-state index contributed by atoms with van der Waals surface area (Å²) in [7, 11) is 1.83. The van der Waals surface area contributed by atoms with Crippen LogP contribution >= 0.6 is 11.3 Å². The van der Waals surface area contributed by atoms with Gasteiger partial charge in [-0.05, 0) is 25.5 Å². The number of aromatic nitrogens is 3. The van der Waals surface area contributed by atoms with Crippen molar-refractivity contribution in [3.63, 3.8) is 0 Å². The molecule has 0 saturated heterocycles. The molecular formula is C17H20N4O3S. The topological polar surface area (TPSA) is 85.3 Å². The maximum Gasteiger partial charge on any atom is 0.238 e. The fourth-order valence-electron chi connectivity index (χ4n) is 2.40. The van der Waals surface area contributed by atoms with Crippen LogP contribution in [-0.2, 0) is 17.6 Å². The normalized spacial score (nSPS) is 11.0. The van der Waals surface area contributed by atoms with Crippen molar-refractivity contribution < 1.29 is 13.7 Å². The number of amides is 1. The van der Waals surface area contributed by atoms with E-state index in [9.17, 15) is 4.79 Å². The first-order valence-electron chi connectivity index (χ1n) is 8.13. The Kier molecular flexibility index (Phi) is 5.60. The Morgan fingerprint density at radius 3 is 2.96 bits per heavy atom. The molecule has 0 bridgehead atoms. The van der Waals surface area contributed by atoms with Crippen molar-refractivity contribution in [1.29, 1.82) is 0 Å². The summed E-state index contributed by atoms with van der Waals surface area (Å²) in [5.41, 5.74) is 2.89. The lowest BCUT2D eigenvalue weighted by atomic mass is 10.2. The minimum absolute atomic E-state index is 0.118. The summed E-state index contributed by atoms with van der Waals surface area (Å²) in [6, 6.07) is 3.55. The highest BCUT2D eigenvalue weighted by Gasteiger charge is 2.13. The molecule has 0 aromatic carbocycles. The monoisotopic (exact) mass is 360 g/mol. The molecule has 0 N–H and O–H groups in total. The van der Waals surface area contributed by atoms with Gasteiger partial charge in [-0.1, -0.05) is 5.16 Å². The number of hydrogen-bond donors (Lipinski definition) is 0. The number of furan rings is 1. The van der Waals surface area contributed by atoms with E-state index in [1.165, 1.54) is 4.88 Å². The molecule has 0 aliphatic rings. The predicted octanol–water partition coefficient (Wildman–Crippen LogP) is 3.12. The van der Waals surface area contributed by atoms with Crippen LogP contribution in [0.2, 0.25) is 0 Å². The van der Waals surface area contributed by atoms with Crippen molar-refractivity contribution in [1.82, 2.24) is 20.0 Å². The van der Waals surface area contributed by atoms with E-state index in [4.69, 9.17) is 8.94 Å². The molecule has 0 unspecified atom stereocenters. The molecule has 8 heteroatoms. The van der Waals surface area contributed by atoms with Crippen molar-refractivity contribution in [2.75, 3.05) is 13.6 Å². The lowest BCUT2D eigenvalue weighted by molar-refractivity contribution is -0.129. The molecule has 25 heavy (non-hydrogen) atoms. The molecule has 0 aliphatic heterocycles. The quantitative estimate of drug-likeness (QED) is 0.613. The van der Waals surface area contributed by atoms with Crippen LogP contribution in [0.15, 0.2) is 32.8 Å². The van der Waals surface area contributed by atoms with Crippen LogP contribution in [-0.4, -0.2) is 39.5 Å². The molecule has 0 atom stereocenters. The summed E-state index contributed by atoms with van der Waals surface area (Å²) in [4.78, 5) is 23.7. The van der Waals surface area contributed by atoms with E-state index < -0.39 is 0 Å². The van der Waals surface area contributed by atoms with E-state index in [2.05, 4.69) is 15.1 Å². The third-order valence-electron chi connectivity index (χ3n) is 3.94. The van der Waals surface area contributed by atoms with E-state index in [0.717, 1.165) is 12.1 Å². The van der Waals surface area contributed by atoms with Gasteiger partial charge in [-0.25, -0.2) is 4.98 Å². The van der Waals surface area contributed by atoms with Gasteiger partial charge in [0.25, 0.3) is 0 Å². The van der Waals surface area contributed by atoms with Gasteiger partial charge in [-0.15, -0.1) is 11.3 Å². The largest absolute Gasteiger partial charge is 0.461 e. The molecule has 3 aromatic heterocycles. The highest BCUT2D eigenvalue weighted by Crippen LogP contribution is 2.17. The fourth-order valence-corrected chi connectivity index (χ4v) is 3.17. The Labute approximate surface area is 149 Å². The van der Waals surface area contributed by atoms with Gasteiger partial charge in [0.15, 0.2) is 5.76 Å². The van der Waals surface area contributed by atoms with Crippen LogP contribution in [0.3, 0.4) is 0 Å². The zero-order valence-electron chi connectivity index (χ0n) is 14.3. The van der Waals surface area contributed by atoms with Crippen molar-refractivity contribution >= 4 is 17.2 Å². The smallest absolute Gasteiger partial charge is 0.238 e. The minimum Gasteiger partial charge on any atom is -0.461 e. The molecular weight excluding hydrogens is 340 g/mol. The Morgan fingerprint density at radius 2 is 2.24 bits per heavy atom. The predicted molar refractivity (Wildman–Crippen MR) is 93.1 cm³/mol. The lowest BCUT2D eigenvalue weighted by Crippen LogP contribution is -2.28. The summed E-state index contributed by atoms with van der Waals surface area (Å²) < 4.78 is 10.4. The summed E-state index contributed by atoms with van der Waals surface area (Å²) >= 11 is 1.64. The molecule has 1 amide bonds. The first-order chi connectivity index (χ1) is 12.1. The average Bonchev–Trinajstić information content (AvgIpc) is 3.34. The van der Waals surface area contributed by atoms with Gasteiger partial charge in [0.1, 0.15) is 0 Å². The summed E-state index contributed by atoms with van der Waals surface area (Å²) in [5, 5.41) is 3.88. The molecule has 3 rings (SSSR count). The zero-order chi connectivity index (χ0) is 17.6.